The molecule has 0 saturated carbocycles. The molecule has 0 aliphatic heterocycles. The Morgan fingerprint density at radius 2 is 0.640 bits per heavy atom. The largest absolute Gasteiger partial charge is 0.318 e. The quantitative estimate of drug-likeness (QED) is 0.159. The number of rotatable bonds is 5. The van der Waals surface area contributed by atoms with E-state index in [1.54, 1.807) is 0 Å². The molecule has 16 rings (SSSR count). The lowest BCUT2D eigenvalue weighted by Crippen LogP contribution is -2.14. The highest BCUT2D eigenvalue weighted by molar-refractivity contribution is 6.27. The number of nitriles is 1. The highest BCUT2D eigenvalue weighted by atomic mass is 15.1. The minimum atomic E-state index is 0.358. The molecular weight excluding hydrogens is 915 g/mol. The summed E-state index contributed by atoms with van der Waals surface area (Å²) in [7, 11) is 0. The molecule has 0 fully saturated rings. The van der Waals surface area contributed by atoms with Crippen LogP contribution < -0.4 is 0 Å². The van der Waals surface area contributed by atoms with Gasteiger partial charge in [0.05, 0.1) is 90.1 Å². The SMILES string of the molecule is [C-]#[N+]c1c(-n2c3ccccc3c3ccccc32)c(C#N)c(-n2c3ccccc3c3ccc4c(c5ccccc5n4-c4ccccc4)c32)c(-n2c3ccccc3c3ccccc32)c1-n1c2ccccc2c2ccccc21. The van der Waals surface area contributed by atoms with Crippen LogP contribution in [0.5, 0.6) is 0 Å². The molecular formula is C68H39N7. The van der Waals surface area contributed by atoms with Crippen LogP contribution in [0.2, 0.25) is 0 Å². The van der Waals surface area contributed by atoms with E-state index in [1.165, 1.54) is 0 Å². The molecule has 16 aromatic rings. The van der Waals surface area contributed by atoms with Crippen LogP contribution in [-0.2, 0) is 0 Å². The number of fused-ring (bicyclic) bond motifs is 16. The van der Waals surface area contributed by atoms with E-state index in [0.717, 1.165) is 120 Å². The number of aromatic nitrogens is 5. The summed E-state index contributed by atoms with van der Waals surface area (Å²) in [5.74, 6) is 0. The van der Waals surface area contributed by atoms with Gasteiger partial charge in [0.1, 0.15) is 6.07 Å². The zero-order chi connectivity index (χ0) is 49.5. The molecule has 0 saturated heterocycles. The summed E-state index contributed by atoms with van der Waals surface area (Å²) in [6.07, 6.45) is 0. The predicted molar refractivity (Wildman–Crippen MR) is 309 cm³/mol. The van der Waals surface area contributed by atoms with Crippen LogP contribution in [0, 0.1) is 17.9 Å². The highest BCUT2D eigenvalue weighted by Gasteiger charge is 2.35. The van der Waals surface area contributed by atoms with Crippen molar-refractivity contribution in [1.82, 2.24) is 22.8 Å². The molecule has 0 spiro atoms. The highest BCUT2D eigenvalue weighted by Crippen LogP contribution is 2.53. The fourth-order valence-electron chi connectivity index (χ4n) is 12.8. The van der Waals surface area contributed by atoms with Crippen molar-refractivity contribution in [1.29, 1.82) is 5.26 Å². The van der Waals surface area contributed by atoms with Crippen LogP contribution in [-0.4, -0.2) is 22.8 Å². The van der Waals surface area contributed by atoms with Gasteiger partial charge in [-0.1, -0.05) is 170 Å². The van der Waals surface area contributed by atoms with E-state index in [-0.39, 0.29) is 0 Å². The molecule has 0 atom stereocenters. The van der Waals surface area contributed by atoms with E-state index < -0.39 is 0 Å². The Kier molecular flexibility index (Phi) is 8.46. The molecule has 7 nitrogen and oxygen atoms in total. The van der Waals surface area contributed by atoms with Crippen LogP contribution in [0.15, 0.2) is 237 Å². The van der Waals surface area contributed by atoms with Gasteiger partial charge in [0.25, 0.3) is 0 Å². The molecule has 0 aliphatic carbocycles. The summed E-state index contributed by atoms with van der Waals surface area (Å²) >= 11 is 0. The number of benzene rings is 11. The van der Waals surface area contributed by atoms with E-state index in [9.17, 15) is 11.8 Å². The molecule has 0 radical (unpaired) electrons. The van der Waals surface area contributed by atoms with Crippen LogP contribution in [0.25, 0.3) is 142 Å². The first kappa shape index (κ1) is 41.1. The molecule has 0 unspecified atom stereocenters. The van der Waals surface area contributed by atoms with Crippen LogP contribution in [0.3, 0.4) is 0 Å². The van der Waals surface area contributed by atoms with Crippen molar-refractivity contribution in [2.45, 2.75) is 0 Å². The van der Waals surface area contributed by atoms with Crippen molar-refractivity contribution in [3.63, 3.8) is 0 Å². The molecule has 75 heavy (non-hydrogen) atoms. The molecule has 7 heteroatoms. The first-order valence-corrected chi connectivity index (χ1v) is 25.2. The minimum Gasteiger partial charge on any atom is -0.318 e. The molecule has 5 aromatic heterocycles. The van der Waals surface area contributed by atoms with E-state index >= 15 is 0 Å². The minimum absolute atomic E-state index is 0.358. The first-order chi connectivity index (χ1) is 37.2. The number of nitrogens with zero attached hydrogens (tertiary/aromatic N) is 7. The molecule has 5 heterocycles. The second kappa shape index (κ2) is 15.5. The molecule has 11 aromatic carbocycles. The molecule has 0 N–H and O–H groups in total. The zero-order valence-corrected chi connectivity index (χ0v) is 40.1. The molecule has 0 aliphatic rings. The van der Waals surface area contributed by atoms with Crippen LogP contribution >= 0.6 is 0 Å². The maximum absolute atomic E-state index is 12.7. The number of hydrogen-bond donors (Lipinski definition) is 0. The molecule has 346 valence electrons. The Morgan fingerprint density at radius 3 is 1.07 bits per heavy atom. The Balaban J connectivity index is 1.25. The van der Waals surface area contributed by atoms with Gasteiger partial charge in [0.2, 0.25) is 5.69 Å². The van der Waals surface area contributed by atoms with Gasteiger partial charge in [-0.2, -0.15) is 5.26 Å². The van der Waals surface area contributed by atoms with Gasteiger partial charge >= 0.3 is 0 Å². The van der Waals surface area contributed by atoms with Crippen LogP contribution in [0.1, 0.15) is 5.56 Å². The zero-order valence-electron chi connectivity index (χ0n) is 40.1. The number of hydrogen-bond acceptors (Lipinski definition) is 1. The van der Waals surface area contributed by atoms with Gasteiger partial charge in [-0.3, -0.25) is 0 Å². The van der Waals surface area contributed by atoms with Gasteiger partial charge in [0, 0.05) is 59.5 Å². The van der Waals surface area contributed by atoms with Gasteiger partial charge in [-0.15, -0.1) is 0 Å². The van der Waals surface area contributed by atoms with E-state index in [4.69, 9.17) is 4.85 Å². The third-order valence-electron chi connectivity index (χ3n) is 15.7. The summed E-state index contributed by atoms with van der Waals surface area (Å²) in [4.78, 5) is 4.76. The van der Waals surface area contributed by atoms with E-state index in [1.807, 2.05) is 0 Å². The lowest BCUT2D eigenvalue weighted by molar-refractivity contribution is 1.03. The average molecular weight is 954 g/mol. The second-order valence-corrected chi connectivity index (χ2v) is 19.3. The Morgan fingerprint density at radius 1 is 0.293 bits per heavy atom. The van der Waals surface area contributed by atoms with Gasteiger partial charge in [-0.05, 0) is 66.7 Å². The smallest absolute Gasteiger partial charge is 0.237 e. The van der Waals surface area contributed by atoms with Crippen molar-refractivity contribution in [3.05, 3.63) is 254 Å². The molecule has 0 bridgehead atoms. The summed E-state index contributed by atoms with van der Waals surface area (Å²) in [6, 6.07) is 86.2. The van der Waals surface area contributed by atoms with Gasteiger partial charge in [0.15, 0.2) is 0 Å². The third kappa shape index (κ3) is 5.40. The molecule has 0 amide bonds. The average Bonchev–Trinajstić information content (AvgIpc) is 4.29. The topological polar surface area (TPSA) is 52.8 Å². The van der Waals surface area contributed by atoms with Crippen LogP contribution in [0.4, 0.5) is 5.69 Å². The maximum Gasteiger partial charge on any atom is 0.237 e. The van der Waals surface area contributed by atoms with Crippen molar-refractivity contribution in [2.24, 2.45) is 0 Å². The standard InChI is InChI=1S/C68H39N7/c1-70-63-65(72-53-31-13-5-23-43(53)44-24-6-14-32-54(44)72)52(41-69)66(75-59-37-19-11-29-49(59)50-39-40-61-62(64(50)75)51-30-12-20-38-60(51)71(61)42-21-3-2-4-22-42)68(74-57-35-17-9-27-47(57)48-28-10-18-36-58(48)74)67(63)73-55-33-15-7-25-45(55)46-26-8-16-34-56(46)73/h2-40H. The number of para-hydroxylation sites is 9. The summed E-state index contributed by atoms with van der Waals surface area (Å²) in [5.41, 5.74) is 14.0. The van der Waals surface area contributed by atoms with E-state index in [2.05, 4.69) is 265 Å². The summed E-state index contributed by atoms with van der Waals surface area (Å²) < 4.78 is 11.6. The Hall–Kier alpha value is -10.6. The Labute approximate surface area is 428 Å². The second-order valence-electron chi connectivity index (χ2n) is 19.3. The monoisotopic (exact) mass is 953 g/mol. The van der Waals surface area contributed by atoms with E-state index in [0.29, 0.717) is 28.3 Å². The lowest BCUT2D eigenvalue weighted by Gasteiger charge is -2.27. The van der Waals surface area contributed by atoms with Crippen molar-refractivity contribution < 1.29 is 0 Å². The van der Waals surface area contributed by atoms with Crippen molar-refractivity contribution in [3.8, 4) is 34.5 Å². The first-order valence-electron chi connectivity index (χ1n) is 25.2. The van der Waals surface area contributed by atoms with Gasteiger partial charge < -0.3 is 22.8 Å². The van der Waals surface area contributed by atoms with Crippen molar-refractivity contribution in [2.75, 3.05) is 0 Å². The maximum atomic E-state index is 12.7. The summed E-state index contributed by atoms with van der Waals surface area (Å²) in [5, 5.41) is 23.2. The Bertz CT molecular complexity index is 5060. The lowest BCUT2D eigenvalue weighted by atomic mass is 10.0. The third-order valence-corrected chi connectivity index (χ3v) is 15.7. The summed E-state index contributed by atoms with van der Waals surface area (Å²) in [6.45, 7) is 9.74. The fraction of sp³-hybridized carbons (Fsp3) is 0. The fourth-order valence-corrected chi connectivity index (χ4v) is 12.8. The predicted octanol–water partition coefficient (Wildman–Crippen LogP) is 17.6. The van der Waals surface area contributed by atoms with Gasteiger partial charge in [-0.25, -0.2) is 4.85 Å². The normalized spacial score (nSPS) is 12.0. The van der Waals surface area contributed by atoms with Crippen molar-refractivity contribution >= 4 is 115 Å².